The lowest BCUT2D eigenvalue weighted by Crippen LogP contribution is -2.52. The van der Waals surface area contributed by atoms with Crippen LogP contribution >= 0.6 is 0 Å². The smallest absolute Gasteiger partial charge is 0.336 e. The van der Waals surface area contributed by atoms with Crippen LogP contribution in [-0.4, -0.2) is 41.7 Å². The zero-order valence-electron chi connectivity index (χ0n) is 22.2. The van der Waals surface area contributed by atoms with E-state index in [-0.39, 0.29) is 23.3 Å². The first-order valence-corrected chi connectivity index (χ1v) is 13.2. The first-order valence-electron chi connectivity index (χ1n) is 13.2. The number of nitrogens with zero attached hydrogens (tertiary/aromatic N) is 2. The second-order valence-corrected chi connectivity index (χ2v) is 10.5. The van der Waals surface area contributed by atoms with E-state index in [2.05, 4.69) is 0 Å². The number of aromatic nitrogens is 1. The summed E-state index contributed by atoms with van der Waals surface area (Å²) in [5, 5.41) is 0.779. The van der Waals surface area contributed by atoms with Crippen molar-refractivity contribution in [3.05, 3.63) is 92.7 Å². The molecule has 0 spiro atoms. The van der Waals surface area contributed by atoms with Gasteiger partial charge >= 0.3 is 5.63 Å². The summed E-state index contributed by atoms with van der Waals surface area (Å²) in [5.74, 6) is 1.50. The highest BCUT2D eigenvalue weighted by Crippen LogP contribution is 2.36. The molecule has 1 amide bonds. The SMILES string of the molecule is COc1ccc(-c2cc(=O)oc3c(C)c(O[C@@H](C)C(=O)N4C[C@@H]5C[C@H](C4)c4cccc(=O)n4C5)ccc23)cc1. The minimum absolute atomic E-state index is 0.0206. The van der Waals surface area contributed by atoms with Gasteiger partial charge in [0, 0.05) is 54.3 Å². The van der Waals surface area contributed by atoms with Gasteiger partial charge in [-0.25, -0.2) is 4.79 Å². The number of fused-ring (bicyclic) bond motifs is 5. The second kappa shape index (κ2) is 9.76. The maximum Gasteiger partial charge on any atom is 0.336 e. The predicted molar refractivity (Wildman–Crippen MR) is 147 cm³/mol. The number of likely N-dealkylation sites (tertiary alicyclic amines) is 1. The van der Waals surface area contributed by atoms with Gasteiger partial charge in [-0.15, -0.1) is 0 Å². The predicted octanol–water partition coefficient (Wildman–Crippen LogP) is 4.35. The van der Waals surface area contributed by atoms with Gasteiger partial charge in [-0.1, -0.05) is 18.2 Å². The number of ether oxygens (including phenoxy) is 2. The largest absolute Gasteiger partial charge is 0.497 e. The molecule has 2 aromatic carbocycles. The molecule has 0 radical (unpaired) electrons. The fourth-order valence-corrected chi connectivity index (χ4v) is 6.05. The molecule has 8 nitrogen and oxygen atoms in total. The van der Waals surface area contributed by atoms with Crippen molar-refractivity contribution in [2.45, 2.75) is 38.8 Å². The fourth-order valence-electron chi connectivity index (χ4n) is 6.05. The Kier molecular flexibility index (Phi) is 6.25. The topological polar surface area (TPSA) is 91.0 Å². The average Bonchev–Trinajstić information content (AvgIpc) is 2.94. The van der Waals surface area contributed by atoms with E-state index in [1.807, 2.05) is 58.9 Å². The van der Waals surface area contributed by atoms with Gasteiger partial charge in [0.2, 0.25) is 0 Å². The monoisotopic (exact) mass is 526 g/mol. The first-order chi connectivity index (χ1) is 18.8. The molecule has 2 aromatic heterocycles. The van der Waals surface area contributed by atoms with Crippen LogP contribution in [0.15, 0.2) is 74.7 Å². The van der Waals surface area contributed by atoms with E-state index in [1.54, 1.807) is 26.2 Å². The quantitative estimate of drug-likeness (QED) is 0.359. The van der Waals surface area contributed by atoms with E-state index in [4.69, 9.17) is 13.9 Å². The summed E-state index contributed by atoms with van der Waals surface area (Å²) in [6.45, 7) is 5.36. The molecule has 0 unspecified atom stereocenters. The van der Waals surface area contributed by atoms with Crippen LogP contribution in [-0.2, 0) is 11.3 Å². The number of carbonyl (C=O) groups excluding carboxylic acids is 1. The maximum absolute atomic E-state index is 13.5. The molecule has 4 aromatic rings. The molecular weight excluding hydrogens is 496 g/mol. The molecule has 3 atom stereocenters. The summed E-state index contributed by atoms with van der Waals surface area (Å²) < 4.78 is 18.9. The van der Waals surface area contributed by atoms with Crippen LogP contribution in [0.4, 0.5) is 0 Å². The zero-order valence-corrected chi connectivity index (χ0v) is 22.2. The number of hydrogen-bond acceptors (Lipinski definition) is 6. The van der Waals surface area contributed by atoms with E-state index in [9.17, 15) is 14.4 Å². The maximum atomic E-state index is 13.5. The van der Waals surface area contributed by atoms with Gasteiger partial charge < -0.3 is 23.4 Å². The lowest BCUT2D eigenvalue weighted by molar-refractivity contribution is -0.140. The summed E-state index contributed by atoms with van der Waals surface area (Å²) in [6.07, 6.45) is 0.247. The molecule has 2 bridgehead atoms. The number of carbonyl (C=O) groups is 1. The van der Waals surface area contributed by atoms with Gasteiger partial charge in [0.25, 0.3) is 11.5 Å². The Morgan fingerprint density at radius 1 is 1.03 bits per heavy atom. The molecule has 0 aliphatic carbocycles. The average molecular weight is 527 g/mol. The van der Waals surface area contributed by atoms with Crippen LogP contribution in [0.5, 0.6) is 11.5 Å². The first kappa shape index (κ1) is 25.0. The highest BCUT2D eigenvalue weighted by Gasteiger charge is 2.37. The van der Waals surface area contributed by atoms with Crippen LogP contribution in [0.25, 0.3) is 22.1 Å². The summed E-state index contributed by atoms with van der Waals surface area (Å²) in [7, 11) is 1.61. The third-order valence-corrected chi connectivity index (χ3v) is 7.96. The molecule has 1 fully saturated rings. The summed E-state index contributed by atoms with van der Waals surface area (Å²) >= 11 is 0. The number of amides is 1. The summed E-state index contributed by atoms with van der Waals surface area (Å²) in [6, 6.07) is 18.0. The zero-order chi connectivity index (χ0) is 27.3. The van der Waals surface area contributed by atoms with Crippen LogP contribution < -0.4 is 20.7 Å². The van der Waals surface area contributed by atoms with Crippen molar-refractivity contribution in [3.63, 3.8) is 0 Å². The number of rotatable bonds is 5. The summed E-state index contributed by atoms with van der Waals surface area (Å²) in [4.78, 5) is 40.2. The Balaban J connectivity index is 1.25. The molecule has 2 aliphatic rings. The third kappa shape index (κ3) is 4.50. The van der Waals surface area contributed by atoms with E-state index in [0.29, 0.717) is 36.5 Å². The Morgan fingerprint density at radius 3 is 2.59 bits per heavy atom. The number of piperidine rings is 1. The summed E-state index contributed by atoms with van der Waals surface area (Å²) in [5.41, 5.74) is 3.26. The molecular formula is C31H30N2O6. The molecule has 39 heavy (non-hydrogen) atoms. The number of benzene rings is 2. The van der Waals surface area contributed by atoms with E-state index in [1.165, 1.54) is 6.07 Å². The highest BCUT2D eigenvalue weighted by molar-refractivity contribution is 5.95. The Hall–Kier alpha value is -4.33. The van der Waals surface area contributed by atoms with Gasteiger partial charge in [-0.3, -0.25) is 9.59 Å². The minimum atomic E-state index is -0.727. The number of methoxy groups -OCH3 is 1. The number of pyridine rings is 1. The molecule has 0 saturated carbocycles. The van der Waals surface area contributed by atoms with E-state index < -0.39 is 11.7 Å². The van der Waals surface area contributed by atoms with E-state index in [0.717, 1.165) is 34.4 Å². The van der Waals surface area contributed by atoms with Crippen molar-refractivity contribution in [2.24, 2.45) is 5.92 Å². The van der Waals surface area contributed by atoms with Crippen molar-refractivity contribution in [2.75, 3.05) is 20.2 Å². The lowest BCUT2D eigenvalue weighted by atomic mass is 9.83. The van der Waals surface area contributed by atoms with Gasteiger partial charge in [-0.2, -0.15) is 0 Å². The highest BCUT2D eigenvalue weighted by atomic mass is 16.5. The van der Waals surface area contributed by atoms with Crippen molar-refractivity contribution in [1.29, 1.82) is 0 Å². The Labute approximate surface area is 225 Å². The van der Waals surface area contributed by atoms with Gasteiger partial charge in [0.05, 0.1) is 7.11 Å². The Morgan fingerprint density at radius 2 is 1.82 bits per heavy atom. The molecule has 6 rings (SSSR count). The van der Waals surface area contributed by atoms with Gasteiger partial charge in [0.1, 0.15) is 17.1 Å². The van der Waals surface area contributed by atoms with E-state index >= 15 is 0 Å². The number of aryl methyl sites for hydroxylation is 1. The molecule has 2 aliphatic heterocycles. The molecule has 1 saturated heterocycles. The van der Waals surface area contributed by atoms with Gasteiger partial charge in [-0.05, 0) is 67.6 Å². The van der Waals surface area contributed by atoms with Crippen LogP contribution in [0.3, 0.4) is 0 Å². The molecule has 8 heteroatoms. The van der Waals surface area contributed by atoms with Crippen molar-refractivity contribution < 1.29 is 18.7 Å². The second-order valence-electron chi connectivity index (χ2n) is 10.5. The van der Waals surface area contributed by atoms with Crippen molar-refractivity contribution in [1.82, 2.24) is 9.47 Å². The van der Waals surface area contributed by atoms with Crippen LogP contribution in [0, 0.1) is 12.8 Å². The fraction of sp³-hybridized carbons (Fsp3) is 0.323. The van der Waals surface area contributed by atoms with Crippen molar-refractivity contribution >= 4 is 16.9 Å². The minimum Gasteiger partial charge on any atom is -0.497 e. The number of hydrogen-bond donors (Lipinski definition) is 0. The Bertz CT molecular complexity index is 1690. The molecule has 4 heterocycles. The standard InChI is InChI=1S/C31H30N2O6/c1-18-27(12-11-24-25(14-29(35)39-30(18)24)21-7-9-23(37-3)10-8-21)38-19(2)31(36)32-15-20-13-22(17-32)26-5-4-6-28(34)33(26)16-20/h4-12,14,19-20,22H,13,15-17H2,1-3H3/t19-,20-,22+/m0/s1. The van der Waals surface area contributed by atoms with Gasteiger partial charge in [0.15, 0.2) is 6.10 Å². The normalized spacial score (nSPS) is 18.9. The lowest BCUT2D eigenvalue weighted by Gasteiger charge is -2.43. The molecule has 200 valence electrons. The van der Waals surface area contributed by atoms with Crippen LogP contribution in [0.1, 0.15) is 30.5 Å². The third-order valence-electron chi connectivity index (χ3n) is 7.96. The van der Waals surface area contributed by atoms with Crippen LogP contribution in [0.2, 0.25) is 0 Å². The van der Waals surface area contributed by atoms with Crippen molar-refractivity contribution in [3.8, 4) is 22.6 Å². The molecule has 0 N–H and O–H groups in total.